The molecule has 104 valence electrons. The minimum atomic E-state index is -1.04. The minimum absolute atomic E-state index is 0.146. The Morgan fingerprint density at radius 3 is 2.58 bits per heavy atom. The quantitative estimate of drug-likeness (QED) is 0.857. The van der Waals surface area contributed by atoms with Gasteiger partial charge < -0.3 is 10.4 Å². The van der Waals surface area contributed by atoms with Gasteiger partial charge >= 0.3 is 5.97 Å². The summed E-state index contributed by atoms with van der Waals surface area (Å²) >= 11 is 9.13. The summed E-state index contributed by atoms with van der Waals surface area (Å²) in [6.45, 7) is 3.66. The van der Waals surface area contributed by atoms with Gasteiger partial charge in [0.25, 0.3) is 5.91 Å². The molecule has 2 N–H and O–H groups in total. The lowest BCUT2D eigenvalue weighted by molar-refractivity contribution is -0.140. The molecular formula is C13H15BrClNO3. The molecule has 1 rings (SSSR count). The van der Waals surface area contributed by atoms with Gasteiger partial charge in [0.1, 0.15) is 6.04 Å². The Balaban J connectivity index is 2.87. The molecule has 6 heteroatoms. The van der Waals surface area contributed by atoms with E-state index in [4.69, 9.17) is 16.7 Å². The maximum Gasteiger partial charge on any atom is 0.326 e. The molecule has 1 aromatic rings. The number of carboxylic acids is 1. The monoisotopic (exact) mass is 347 g/mol. The molecule has 0 unspecified atom stereocenters. The fraction of sp³-hybridized carbons (Fsp3) is 0.385. The van der Waals surface area contributed by atoms with Crippen LogP contribution in [0.1, 0.15) is 30.6 Å². The van der Waals surface area contributed by atoms with Gasteiger partial charge in [-0.3, -0.25) is 4.79 Å². The van der Waals surface area contributed by atoms with Gasteiger partial charge in [-0.15, -0.1) is 0 Å². The second-order valence-corrected chi connectivity index (χ2v) is 5.57. The number of carbonyl (C=O) groups excluding carboxylic acids is 1. The predicted molar refractivity (Wildman–Crippen MR) is 77.5 cm³/mol. The Morgan fingerprint density at radius 1 is 1.47 bits per heavy atom. The van der Waals surface area contributed by atoms with Gasteiger partial charge in [0, 0.05) is 10.0 Å². The van der Waals surface area contributed by atoms with Crippen LogP contribution in [-0.4, -0.2) is 23.0 Å². The SMILES string of the molecule is CC[C@H](C)[C@H](NC(=O)c1ccc(Br)c(Cl)c1)C(=O)O. The molecule has 19 heavy (non-hydrogen) atoms. The van der Waals surface area contributed by atoms with Crippen molar-refractivity contribution in [3.8, 4) is 0 Å². The molecule has 0 saturated heterocycles. The van der Waals surface area contributed by atoms with Gasteiger partial charge in [-0.2, -0.15) is 0 Å². The molecule has 0 bridgehead atoms. The number of hydrogen-bond acceptors (Lipinski definition) is 2. The van der Waals surface area contributed by atoms with E-state index in [-0.39, 0.29) is 5.92 Å². The number of benzene rings is 1. The van der Waals surface area contributed by atoms with Crippen molar-refractivity contribution < 1.29 is 14.7 Å². The first-order valence-electron chi connectivity index (χ1n) is 5.85. The smallest absolute Gasteiger partial charge is 0.326 e. The van der Waals surface area contributed by atoms with Gasteiger partial charge in [0.2, 0.25) is 0 Å². The molecule has 0 heterocycles. The molecule has 0 spiro atoms. The Labute approximate surface area is 125 Å². The molecule has 0 aliphatic heterocycles. The highest BCUT2D eigenvalue weighted by atomic mass is 79.9. The second kappa shape index (κ2) is 6.91. The van der Waals surface area contributed by atoms with E-state index in [1.807, 2.05) is 6.92 Å². The standard InChI is InChI=1S/C13H15BrClNO3/c1-3-7(2)11(13(18)19)16-12(17)8-4-5-9(14)10(15)6-8/h4-7,11H,3H2,1-2H3,(H,16,17)(H,18,19)/t7-,11-/m0/s1. The van der Waals surface area contributed by atoms with Gasteiger partial charge in [-0.1, -0.05) is 31.9 Å². The van der Waals surface area contributed by atoms with E-state index in [1.54, 1.807) is 19.1 Å². The second-order valence-electron chi connectivity index (χ2n) is 4.30. The third-order valence-electron chi connectivity index (χ3n) is 2.95. The summed E-state index contributed by atoms with van der Waals surface area (Å²) in [5, 5.41) is 12.0. The molecule has 0 aliphatic rings. The van der Waals surface area contributed by atoms with Gasteiger partial charge in [-0.05, 0) is 40.0 Å². The van der Waals surface area contributed by atoms with Gasteiger partial charge in [0.15, 0.2) is 0 Å². The van der Waals surface area contributed by atoms with Crippen LogP contribution in [0, 0.1) is 5.92 Å². The number of rotatable bonds is 5. The van der Waals surface area contributed by atoms with Crippen molar-refractivity contribution in [1.82, 2.24) is 5.32 Å². The van der Waals surface area contributed by atoms with E-state index in [0.29, 0.717) is 21.5 Å². The maximum atomic E-state index is 12.0. The van der Waals surface area contributed by atoms with Crippen molar-refractivity contribution in [1.29, 1.82) is 0 Å². The highest BCUT2D eigenvalue weighted by Crippen LogP contribution is 2.23. The molecule has 0 fully saturated rings. The van der Waals surface area contributed by atoms with E-state index >= 15 is 0 Å². The summed E-state index contributed by atoms with van der Waals surface area (Å²) < 4.78 is 0.683. The molecule has 0 aliphatic carbocycles. The van der Waals surface area contributed by atoms with Crippen molar-refractivity contribution in [2.75, 3.05) is 0 Å². The predicted octanol–water partition coefficient (Wildman–Crippen LogP) is 3.33. The molecule has 1 amide bonds. The molecule has 0 radical (unpaired) electrons. The molecule has 0 saturated carbocycles. The Kier molecular flexibility index (Phi) is 5.82. The Hall–Kier alpha value is -1.07. The van der Waals surface area contributed by atoms with Crippen LogP contribution >= 0.6 is 27.5 Å². The summed E-state index contributed by atoms with van der Waals surface area (Å²) in [5.41, 5.74) is 0.336. The van der Waals surface area contributed by atoms with Crippen LogP contribution < -0.4 is 5.32 Å². The topological polar surface area (TPSA) is 66.4 Å². The zero-order valence-corrected chi connectivity index (χ0v) is 13.0. The number of halogens is 2. The number of amides is 1. The molecule has 2 atom stereocenters. The summed E-state index contributed by atoms with van der Waals surface area (Å²) in [5.74, 6) is -1.62. The molecular weight excluding hydrogens is 334 g/mol. The number of nitrogens with one attached hydrogen (secondary N) is 1. The molecule has 4 nitrogen and oxygen atoms in total. The number of carboxylic acid groups (broad SMARTS) is 1. The van der Waals surface area contributed by atoms with Crippen molar-refractivity contribution in [3.63, 3.8) is 0 Å². The van der Waals surface area contributed by atoms with Crippen molar-refractivity contribution in [2.24, 2.45) is 5.92 Å². The highest BCUT2D eigenvalue weighted by Gasteiger charge is 2.25. The van der Waals surface area contributed by atoms with Crippen LogP contribution in [0.4, 0.5) is 0 Å². The third-order valence-corrected chi connectivity index (χ3v) is 4.18. The zero-order chi connectivity index (χ0) is 14.6. The van der Waals surface area contributed by atoms with Crippen molar-refractivity contribution >= 4 is 39.4 Å². The Bertz CT molecular complexity index is 493. The first-order valence-corrected chi connectivity index (χ1v) is 7.02. The largest absolute Gasteiger partial charge is 0.480 e. The van der Waals surface area contributed by atoms with Gasteiger partial charge in [0.05, 0.1) is 5.02 Å². The summed E-state index contributed by atoms with van der Waals surface area (Å²) in [6.07, 6.45) is 0.665. The summed E-state index contributed by atoms with van der Waals surface area (Å²) in [4.78, 5) is 23.1. The van der Waals surface area contributed by atoms with Crippen LogP contribution in [0.15, 0.2) is 22.7 Å². The van der Waals surface area contributed by atoms with Crippen LogP contribution in [0.25, 0.3) is 0 Å². The zero-order valence-electron chi connectivity index (χ0n) is 10.6. The average molecular weight is 349 g/mol. The van der Waals surface area contributed by atoms with Crippen LogP contribution in [0.3, 0.4) is 0 Å². The minimum Gasteiger partial charge on any atom is -0.480 e. The van der Waals surface area contributed by atoms with E-state index in [1.165, 1.54) is 6.07 Å². The maximum absolute atomic E-state index is 12.0. The summed E-state index contributed by atoms with van der Waals surface area (Å²) in [7, 11) is 0. The molecule has 1 aromatic carbocycles. The van der Waals surface area contributed by atoms with Crippen molar-refractivity contribution in [2.45, 2.75) is 26.3 Å². The number of aliphatic carboxylic acids is 1. The van der Waals surface area contributed by atoms with Crippen LogP contribution in [-0.2, 0) is 4.79 Å². The average Bonchev–Trinajstić information content (AvgIpc) is 2.37. The normalized spacial score (nSPS) is 13.7. The van der Waals surface area contributed by atoms with E-state index < -0.39 is 17.9 Å². The fourth-order valence-electron chi connectivity index (χ4n) is 1.55. The lowest BCUT2D eigenvalue weighted by atomic mass is 9.99. The van der Waals surface area contributed by atoms with Crippen LogP contribution in [0.2, 0.25) is 5.02 Å². The van der Waals surface area contributed by atoms with Crippen LogP contribution in [0.5, 0.6) is 0 Å². The highest BCUT2D eigenvalue weighted by molar-refractivity contribution is 9.10. The van der Waals surface area contributed by atoms with E-state index in [0.717, 1.165) is 0 Å². The fourth-order valence-corrected chi connectivity index (χ4v) is 1.97. The lowest BCUT2D eigenvalue weighted by Crippen LogP contribution is -2.45. The Morgan fingerprint density at radius 2 is 2.11 bits per heavy atom. The number of carbonyl (C=O) groups is 2. The van der Waals surface area contributed by atoms with Crippen molar-refractivity contribution in [3.05, 3.63) is 33.3 Å². The lowest BCUT2D eigenvalue weighted by Gasteiger charge is -2.20. The number of hydrogen-bond donors (Lipinski definition) is 2. The van der Waals surface area contributed by atoms with E-state index in [9.17, 15) is 9.59 Å². The van der Waals surface area contributed by atoms with Gasteiger partial charge in [-0.25, -0.2) is 4.79 Å². The van der Waals surface area contributed by atoms with E-state index in [2.05, 4.69) is 21.2 Å². The summed E-state index contributed by atoms with van der Waals surface area (Å²) in [6, 6.07) is 3.83. The first kappa shape index (κ1) is 16.0. The first-order chi connectivity index (χ1) is 8.86. The molecule has 0 aromatic heterocycles. The third kappa shape index (κ3) is 4.21.